The van der Waals surface area contributed by atoms with E-state index in [2.05, 4.69) is 29.2 Å². The maximum absolute atomic E-state index is 12.7. The molecule has 3 unspecified atom stereocenters. The predicted octanol–water partition coefficient (Wildman–Crippen LogP) is 3.61. The Morgan fingerprint density at radius 2 is 1.94 bits per heavy atom. The number of aryl methyl sites for hydroxylation is 1. The van der Waals surface area contributed by atoms with E-state index in [0.29, 0.717) is 23.3 Å². The van der Waals surface area contributed by atoms with Crippen molar-refractivity contribution in [1.29, 1.82) is 5.41 Å². The molecule has 174 valence electrons. The van der Waals surface area contributed by atoms with Crippen molar-refractivity contribution >= 4 is 40.0 Å². The highest BCUT2D eigenvalue weighted by Gasteiger charge is 2.44. The van der Waals surface area contributed by atoms with Crippen LogP contribution in [0.25, 0.3) is 0 Å². The van der Waals surface area contributed by atoms with Crippen LogP contribution in [0.3, 0.4) is 0 Å². The summed E-state index contributed by atoms with van der Waals surface area (Å²) in [5.74, 6) is 1.22. The molecule has 1 saturated heterocycles. The number of rotatable bonds is 7. The van der Waals surface area contributed by atoms with Crippen molar-refractivity contribution in [2.24, 2.45) is 10.9 Å². The number of thioether (sulfide) groups is 1. The van der Waals surface area contributed by atoms with E-state index in [1.807, 2.05) is 61.2 Å². The van der Waals surface area contributed by atoms with Crippen LogP contribution in [0.2, 0.25) is 0 Å². The molecule has 0 spiro atoms. The van der Waals surface area contributed by atoms with Crippen LogP contribution in [-0.4, -0.2) is 41.5 Å². The van der Waals surface area contributed by atoms with Crippen molar-refractivity contribution < 1.29 is 9.53 Å². The average molecular weight is 467 g/mol. The van der Waals surface area contributed by atoms with E-state index >= 15 is 0 Å². The minimum absolute atomic E-state index is 0.0806. The van der Waals surface area contributed by atoms with Crippen molar-refractivity contribution in [1.82, 2.24) is 10.9 Å². The Morgan fingerprint density at radius 1 is 1.18 bits per heavy atom. The van der Waals surface area contributed by atoms with Crippen LogP contribution < -0.4 is 25.8 Å². The summed E-state index contributed by atoms with van der Waals surface area (Å²) in [7, 11) is 0. The molecule has 1 fully saturated rings. The number of carbonyl (C=O) groups is 1. The highest BCUT2D eigenvalue weighted by Crippen LogP contribution is 2.33. The fourth-order valence-corrected chi connectivity index (χ4v) is 4.93. The number of fused-ring (bicyclic) bond motifs is 1. The molecule has 0 aromatic heterocycles. The lowest BCUT2D eigenvalue weighted by Crippen LogP contribution is -2.50. The van der Waals surface area contributed by atoms with Crippen molar-refractivity contribution in [3.05, 3.63) is 54.1 Å². The van der Waals surface area contributed by atoms with E-state index in [4.69, 9.17) is 15.1 Å². The largest absolute Gasteiger partial charge is 0.494 e. The molecule has 3 atom stereocenters. The second-order valence-electron chi connectivity index (χ2n) is 7.96. The topological polar surface area (TPSA) is 102 Å². The van der Waals surface area contributed by atoms with Crippen molar-refractivity contribution in [2.45, 2.75) is 39.4 Å². The number of nitrogens with zero attached hydrogens (tertiary/aromatic N) is 2. The lowest BCUT2D eigenvalue weighted by Gasteiger charge is -2.36. The van der Waals surface area contributed by atoms with Gasteiger partial charge in [0.25, 0.3) is 0 Å². The first-order valence-corrected chi connectivity index (χ1v) is 12.2. The van der Waals surface area contributed by atoms with E-state index in [1.165, 1.54) is 11.8 Å². The zero-order valence-electron chi connectivity index (χ0n) is 19.1. The van der Waals surface area contributed by atoms with Gasteiger partial charge in [0.05, 0.1) is 24.0 Å². The smallest absolute Gasteiger partial charge is 0.234 e. The van der Waals surface area contributed by atoms with Gasteiger partial charge < -0.3 is 10.1 Å². The highest BCUT2D eigenvalue weighted by atomic mass is 32.2. The van der Waals surface area contributed by atoms with Gasteiger partial charge in [0.1, 0.15) is 17.8 Å². The Hall–Kier alpha value is -2.88. The predicted molar refractivity (Wildman–Crippen MR) is 135 cm³/mol. The minimum Gasteiger partial charge on any atom is -0.494 e. The van der Waals surface area contributed by atoms with Gasteiger partial charge in [-0.15, -0.1) is 0 Å². The first-order valence-electron chi connectivity index (χ1n) is 11.2. The van der Waals surface area contributed by atoms with Gasteiger partial charge in [-0.2, -0.15) is 0 Å². The maximum atomic E-state index is 12.7. The number of aliphatic imine (C=N–C) groups is 1. The second-order valence-corrected chi connectivity index (χ2v) is 8.90. The first kappa shape index (κ1) is 23.3. The summed E-state index contributed by atoms with van der Waals surface area (Å²) in [5, 5.41) is 12.6. The van der Waals surface area contributed by atoms with Crippen LogP contribution in [0, 0.1) is 11.3 Å². The van der Waals surface area contributed by atoms with Crippen LogP contribution in [0.5, 0.6) is 5.75 Å². The molecule has 2 aromatic rings. The number of hydrogen-bond donors (Lipinski definition) is 4. The summed E-state index contributed by atoms with van der Waals surface area (Å²) in [6, 6.07) is 15.5. The molecule has 2 heterocycles. The van der Waals surface area contributed by atoms with Gasteiger partial charge in [0.2, 0.25) is 5.91 Å². The number of hydrazine groups is 1. The van der Waals surface area contributed by atoms with Crippen LogP contribution in [0.4, 0.5) is 11.4 Å². The van der Waals surface area contributed by atoms with Crippen LogP contribution in [0.15, 0.2) is 53.5 Å². The van der Waals surface area contributed by atoms with Gasteiger partial charge in [-0.1, -0.05) is 36.9 Å². The number of benzene rings is 2. The Labute approximate surface area is 198 Å². The molecule has 2 aliphatic rings. The lowest BCUT2D eigenvalue weighted by atomic mass is 9.96. The molecular weight excluding hydrogens is 436 g/mol. The number of carbonyl (C=O) groups excluding carboxylic acids is 1. The molecule has 0 bridgehead atoms. The summed E-state index contributed by atoms with van der Waals surface area (Å²) < 4.78 is 5.45. The Bertz CT molecular complexity index is 1040. The molecule has 2 aromatic carbocycles. The zero-order chi connectivity index (χ0) is 23.4. The molecule has 8 nitrogen and oxygen atoms in total. The molecule has 2 aliphatic heterocycles. The van der Waals surface area contributed by atoms with Gasteiger partial charge in [0.15, 0.2) is 5.17 Å². The van der Waals surface area contributed by atoms with Gasteiger partial charge in [-0.3, -0.25) is 20.5 Å². The third kappa shape index (κ3) is 5.05. The molecule has 4 N–H and O–H groups in total. The number of nitrogens with one attached hydrogen (secondary N) is 4. The van der Waals surface area contributed by atoms with E-state index in [-0.39, 0.29) is 29.8 Å². The van der Waals surface area contributed by atoms with E-state index < -0.39 is 0 Å². The molecule has 0 saturated carbocycles. The summed E-state index contributed by atoms with van der Waals surface area (Å²) in [6.45, 7) is 6.68. The SMILES string of the molecule is CCOc1ccc(NC(=O)CSC2=NC3NNC(C)C3C(=N)N2c2ccccc2CC)cc1. The number of anilines is 2. The van der Waals surface area contributed by atoms with Gasteiger partial charge >= 0.3 is 0 Å². The second kappa shape index (κ2) is 10.4. The van der Waals surface area contributed by atoms with Crippen molar-refractivity contribution in [3.8, 4) is 5.75 Å². The lowest BCUT2D eigenvalue weighted by molar-refractivity contribution is -0.113. The monoisotopic (exact) mass is 466 g/mol. The Morgan fingerprint density at radius 3 is 2.67 bits per heavy atom. The van der Waals surface area contributed by atoms with Crippen molar-refractivity contribution in [2.75, 3.05) is 22.6 Å². The fraction of sp³-hybridized carbons (Fsp3) is 0.375. The zero-order valence-corrected chi connectivity index (χ0v) is 19.9. The van der Waals surface area contributed by atoms with Crippen LogP contribution in [-0.2, 0) is 11.2 Å². The number of amides is 1. The standard InChI is InChI=1S/C24H30N6O2S/c1-4-16-8-6-7-9-19(16)30-22(25)21-15(3)28-29-23(21)27-24(30)33-14-20(31)26-17-10-12-18(13-11-17)32-5-2/h6-13,15,21,23,25,28-29H,4-5,14H2,1-3H3,(H,26,31). The number of amidine groups is 2. The van der Waals surface area contributed by atoms with E-state index in [1.54, 1.807) is 0 Å². The number of hydrogen-bond acceptors (Lipinski definition) is 7. The Kier molecular flexibility index (Phi) is 7.32. The molecular formula is C24H30N6O2S. The quantitative estimate of drug-likeness (QED) is 0.497. The van der Waals surface area contributed by atoms with Crippen LogP contribution >= 0.6 is 11.8 Å². The van der Waals surface area contributed by atoms with Crippen LogP contribution in [0.1, 0.15) is 26.3 Å². The molecule has 0 radical (unpaired) electrons. The third-order valence-corrected chi connectivity index (χ3v) is 6.68. The highest BCUT2D eigenvalue weighted by molar-refractivity contribution is 8.14. The minimum atomic E-state index is -0.228. The third-order valence-electron chi connectivity index (χ3n) is 5.73. The molecule has 33 heavy (non-hydrogen) atoms. The molecule has 4 rings (SSSR count). The first-order chi connectivity index (χ1) is 16.0. The van der Waals surface area contributed by atoms with E-state index in [0.717, 1.165) is 23.4 Å². The molecule has 1 amide bonds. The maximum Gasteiger partial charge on any atom is 0.234 e. The number of para-hydroxylation sites is 1. The van der Waals surface area contributed by atoms with E-state index in [9.17, 15) is 4.79 Å². The summed E-state index contributed by atoms with van der Waals surface area (Å²) >= 11 is 1.34. The number of ether oxygens (including phenoxy) is 1. The molecule has 0 aliphatic carbocycles. The normalized spacial score (nSPS) is 22.0. The fourth-order valence-electron chi connectivity index (χ4n) is 4.09. The van der Waals surface area contributed by atoms with Gasteiger partial charge in [-0.05, 0) is 56.2 Å². The van der Waals surface area contributed by atoms with Gasteiger partial charge in [-0.25, -0.2) is 10.4 Å². The average Bonchev–Trinajstić information content (AvgIpc) is 3.20. The summed E-state index contributed by atoms with van der Waals surface area (Å²) in [6.07, 6.45) is 0.616. The summed E-state index contributed by atoms with van der Waals surface area (Å²) in [5.41, 5.74) is 9.18. The molecule has 9 heteroatoms. The Balaban J connectivity index is 1.51. The van der Waals surface area contributed by atoms with Gasteiger partial charge in [0, 0.05) is 11.7 Å². The summed E-state index contributed by atoms with van der Waals surface area (Å²) in [4.78, 5) is 19.5. The van der Waals surface area contributed by atoms with Crippen molar-refractivity contribution in [3.63, 3.8) is 0 Å².